The maximum Gasteiger partial charge on any atom is 1.00 e. The van der Waals surface area contributed by atoms with Gasteiger partial charge in [-0.25, -0.2) is 0 Å². The van der Waals surface area contributed by atoms with Crippen LogP contribution in [0.15, 0.2) is 16.0 Å². The summed E-state index contributed by atoms with van der Waals surface area (Å²) in [5.74, 6) is 0. The van der Waals surface area contributed by atoms with Gasteiger partial charge in [0, 0.05) is 0 Å². The van der Waals surface area contributed by atoms with E-state index < -0.39 is 0 Å². The molecule has 0 radical (unpaired) electrons. The van der Waals surface area contributed by atoms with Gasteiger partial charge in [0.2, 0.25) is 0 Å². The first-order valence-corrected chi connectivity index (χ1v) is 1.13. The second-order valence-electron chi connectivity index (χ2n) is 0.238. The predicted octanol–water partition coefficient (Wildman–Crippen LogP) is -3.29. The molecule has 0 amide bonds. The van der Waals surface area contributed by atoms with Gasteiger partial charge in [-0.15, -0.1) is 15.2 Å². The molecular weight excluding hydrogens is 177 g/mol. The molecule has 11 heteroatoms. The minimum atomic E-state index is 0. The van der Waals surface area contributed by atoms with Gasteiger partial charge in [0.1, 0.15) is 0 Å². The van der Waals surface area contributed by atoms with Crippen molar-refractivity contribution < 1.29 is 45.4 Å². The Kier molecular flexibility index (Phi) is 381. The number of rotatable bonds is 0. The molecule has 4 N–H and O–H groups in total. The Balaban J connectivity index is -0.0000000150. The maximum atomic E-state index is 8.11. The first-order chi connectivity index (χ1) is 4.24. The van der Waals surface area contributed by atoms with Crippen molar-refractivity contribution in [1.29, 1.82) is 0 Å². The van der Waals surface area contributed by atoms with Crippen LogP contribution < -0.4 is 29.6 Å². The molecule has 0 fully saturated rings. The normalized spacial score (nSPS) is 3.27. The molecule has 0 unspecified atom stereocenters. The smallest absolute Gasteiger partial charge is 0.444 e. The molecule has 0 saturated heterocycles. The third-order valence-corrected chi connectivity index (χ3v) is 0. The molecule has 0 saturated carbocycles. The van der Waals surface area contributed by atoms with Crippen molar-refractivity contribution in [3.05, 3.63) is 19.9 Å². The van der Waals surface area contributed by atoms with E-state index in [4.69, 9.17) is 30.3 Å². The van der Waals surface area contributed by atoms with Crippen molar-refractivity contribution in [3.8, 4) is 0 Å². The quantitative estimate of drug-likeness (QED) is 0.224. The van der Waals surface area contributed by atoms with Gasteiger partial charge in [-0.05, 0) is 0 Å². The maximum absolute atomic E-state index is 8.11. The van der Waals surface area contributed by atoms with Crippen LogP contribution in [0.2, 0.25) is 0 Å². The Morgan fingerprint density at radius 1 is 1.00 bits per heavy atom. The molecule has 0 aliphatic carbocycles. The predicted molar refractivity (Wildman–Crippen MR) is 27.9 cm³/mol. The van der Waals surface area contributed by atoms with Crippen molar-refractivity contribution in [2.24, 2.45) is 16.0 Å². The van der Waals surface area contributed by atoms with Crippen LogP contribution in [0.4, 0.5) is 0 Å². The average molecular weight is 181 g/mol. The molecule has 0 aromatic heterocycles. The number of hydrogen-bond donors (Lipinski definition) is 2. The minimum absolute atomic E-state index is 0. The van der Waals surface area contributed by atoms with Gasteiger partial charge >= 0.3 is 29.6 Å². The number of nitrogens with zero attached hydrogens (tertiary/aromatic N) is 3. The van der Waals surface area contributed by atoms with Gasteiger partial charge in [-0.2, -0.15) is 0 Å². The van der Waals surface area contributed by atoms with E-state index in [2.05, 4.69) is 0 Å². The van der Waals surface area contributed by atoms with Gasteiger partial charge < -0.3 is 26.0 Å². The topological polar surface area (TPSA) is 183 Å². The Morgan fingerprint density at radius 2 is 1.00 bits per heavy atom. The second kappa shape index (κ2) is 131. The molecule has 0 spiro atoms. The summed E-state index contributed by atoms with van der Waals surface area (Å²) >= 11 is 0. The van der Waals surface area contributed by atoms with E-state index in [0.29, 0.717) is 0 Å². The second-order valence-corrected chi connectivity index (χ2v) is 0.238. The van der Waals surface area contributed by atoms with Crippen molar-refractivity contribution in [3.63, 3.8) is 0 Å². The standard InChI is InChI=1S/3HNO2.Na.H2O/c3*2-1-3;;/h3*(H,2,3);;1H2/q;;;+1;/p-1. The fraction of sp³-hybridized carbons (Fsp3) is 0. The van der Waals surface area contributed by atoms with Crippen LogP contribution in [-0.4, -0.2) is 15.9 Å². The summed E-state index contributed by atoms with van der Waals surface area (Å²) in [4.78, 5) is 24.2. The number of hydrogen-bond acceptors (Lipinski definition) is 7. The van der Waals surface area contributed by atoms with Crippen molar-refractivity contribution in [2.75, 3.05) is 0 Å². The fourth-order valence-electron chi connectivity index (χ4n) is 0. The van der Waals surface area contributed by atoms with E-state index in [-0.39, 0.29) is 35.0 Å². The molecule has 0 rings (SSSR count). The molecule has 11 heavy (non-hydrogen) atoms. The van der Waals surface area contributed by atoms with Crippen LogP contribution in [0.25, 0.3) is 0 Å². The molecular formula is H4N3NaO7. The van der Waals surface area contributed by atoms with E-state index in [9.17, 15) is 0 Å². The van der Waals surface area contributed by atoms with Gasteiger partial charge in [-0.1, -0.05) is 0 Å². The molecule has 62 valence electrons. The van der Waals surface area contributed by atoms with Gasteiger partial charge in [0.15, 0.2) is 10.7 Å². The largest absolute Gasteiger partial charge is 1.00 e. The summed E-state index contributed by atoms with van der Waals surface area (Å²) in [6, 6.07) is 0. The SMILES string of the molecule is O.O=NO.O=NO.O=N[O-].[Na+]. The van der Waals surface area contributed by atoms with Crippen molar-refractivity contribution in [1.82, 2.24) is 0 Å². The molecule has 0 heterocycles. The van der Waals surface area contributed by atoms with Crippen molar-refractivity contribution >= 4 is 0 Å². The Bertz CT molecular complexity index is 50.4. The van der Waals surface area contributed by atoms with Gasteiger partial charge in [0.05, 0.1) is 0 Å². The molecule has 10 nitrogen and oxygen atoms in total. The van der Waals surface area contributed by atoms with E-state index in [1.807, 2.05) is 0 Å². The zero-order chi connectivity index (χ0) is 8.12. The van der Waals surface area contributed by atoms with E-state index in [1.54, 1.807) is 0 Å². The fourth-order valence-corrected chi connectivity index (χ4v) is 0. The third kappa shape index (κ3) is 666. The van der Waals surface area contributed by atoms with E-state index >= 15 is 0 Å². The van der Waals surface area contributed by atoms with Crippen LogP contribution in [0.1, 0.15) is 0 Å². The van der Waals surface area contributed by atoms with Crippen LogP contribution in [0.3, 0.4) is 0 Å². The van der Waals surface area contributed by atoms with E-state index in [0.717, 1.165) is 5.34 Å². The van der Waals surface area contributed by atoms with Gasteiger partial charge in [-0.3, -0.25) is 0 Å². The Hall–Kier alpha value is -0.840. The summed E-state index contributed by atoms with van der Waals surface area (Å²) in [6.07, 6.45) is 0. The summed E-state index contributed by atoms with van der Waals surface area (Å²) in [5, 5.41) is 24.8. The van der Waals surface area contributed by atoms with E-state index in [1.165, 1.54) is 10.7 Å². The average Bonchev–Trinajstić information content (AvgIpc) is 1.70. The molecule has 0 atom stereocenters. The zero-order valence-corrected chi connectivity index (χ0v) is 7.37. The first-order valence-electron chi connectivity index (χ1n) is 1.13. The minimum Gasteiger partial charge on any atom is -0.444 e. The molecule has 0 aromatic rings. The summed E-state index contributed by atoms with van der Waals surface area (Å²) < 4.78 is 0. The Labute approximate surface area is 81.6 Å². The van der Waals surface area contributed by atoms with Gasteiger partial charge in [0.25, 0.3) is 0 Å². The molecule has 0 aromatic carbocycles. The summed E-state index contributed by atoms with van der Waals surface area (Å²) in [5.41, 5.74) is 0. The zero-order valence-electron chi connectivity index (χ0n) is 5.37. The third-order valence-electron chi connectivity index (χ3n) is 0. The van der Waals surface area contributed by atoms with Crippen molar-refractivity contribution in [2.45, 2.75) is 0 Å². The van der Waals surface area contributed by atoms with Crippen LogP contribution >= 0.6 is 0 Å². The monoisotopic (exact) mass is 181 g/mol. The van der Waals surface area contributed by atoms with Crippen LogP contribution in [0.5, 0.6) is 0 Å². The molecule has 0 aliphatic rings. The van der Waals surface area contributed by atoms with Crippen LogP contribution in [-0.2, 0) is 0 Å². The summed E-state index contributed by atoms with van der Waals surface area (Å²) in [7, 11) is 0. The first kappa shape index (κ1) is 32.0. The summed E-state index contributed by atoms with van der Waals surface area (Å²) in [6.45, 7) is 0. The molecule has 0 bridgehead atoms. The van der Waals surface area contributed by atoms with Crippen LogP contribution in [0, 0.1) is 19.9 Å². The molecule has 0 aliphatic heterocycles. The Morgan fingerprint density at radius 3 is 1.00 bits per heavy atom.